The molecule has 0 radical (unpaired) electrons. The molecule has 0 unspecified atom stereocenters. The summed E-state index contributed by atoms with van der Waals surface area (Å²) in [6.45, 7) is 0.975. The Balaban J connectivity index is 1.88. The van der Waals surface area contributed by atoms with Gasteiger partial charge in [-0.25, -0.2) is 0 Å². The fourth-order valence-corrected chi connectivity index (χ4v) is 2.66. The van der Waals surface area contributed by atoms with Gasteiger partial charge in [0.1, 0.15) is 19.0 Å². The van der Waals surface area contributed by atoms with Crippen molar-refractivity contribution in [2.24, 2.45) is 0 Å². The number of hydrogen-bond donors (Lipinski definition) is 0. The molecule has 23 heavy (non-hydrogen) atoms. The van der Waals surface area contributed by atoms with Crippen molar-refractivity contribution in [1.29, 1.82) is 0 Å². The first-order chi connectivity index (χ1) is 11.3. The number of rotatable bonds is 3. The van der Waals surface area contributed by atoms with Crippen molar-refractivity contribution in [1.82, 2.24) is 0 Å². The molecule has 3 aromatic rings. The second-order valence-electron chi connectivity index (χ2n) is 5.21. The molecule has 4 rings (SSSR count). The Labute approximate surface area is 133 Å². The second-order valence-corrected chi connectivity index (χ2v) is 5.21. The van der Waals surface area contributed by atoms with Crippen molar-refractivity contribution >= 4 is 5.78 Å². The Kier molecular flexibility index (Phi) is 3.35. The highest BCUT2D eigenvalue weighted by Crippen LogP contribution is 2.38. The summed E-state index contributed by atoms with van der Waals surface area (Å²) in [4.78, 5) is 12.9. The van der Waals surface area contributed by atoms with Crippen molar-refractivity contribution in [3.8, 4) is 22.8 Å². The summed E-state index contributed by atoms with van der Waals surface area (Å²) in [6, 6.07) is 16.3. The van der Waals surface area contributed by atoms with Crippen LogP contribution in [0.15, 0.2) is 65.3 Å². The van der Waals surface area contributed by atoms with Crippen molar-refractivity contribution in [3.63, 3.8) is 0 Å². The Morgan fingerprint density at radius 3 is 2.30 bits per heavy atom. The van der Waals surface area contributed by atoms with E-state index < -0.39 is 0 Å². The van der Waals surface area contributed by atoms with Gasteiger partial charge in [0.25, 0.3) is 0 Å². The van der Waals surface area contributed by atoms with Gasteiger partial charge in [0, 0.05) is 16.7 Å². The molecule has 2 heterocycles. The van der Waals surface area contributed by atoms with Gasteiger partial charge in [0.15, 0.2) is 17.3 Å². The third kappa shape index (κ3) is 2.48. The van der Waals surface area contributed by atoms with Crippen LogP contribution >= 0.6 is 0 Å². The van der Waals surface area contributed by atoms with Crippen LogP contribution in [0.4, 0.5) is 0 Å². The fraction of sp³-hybridized carbons (Fsp3) is 0.105. The standard InChI is InChI=1S/C19H14O4/c20-19(13-5-2-1-3-6-13)15-12-18-17(22-9-10-23-18)11-14(15)16-7-4-8-21-16/h1-8,11-12H,9-10H2. The highest BCUT2D eigenvalue weighted by molar-refractivity contribution is 6.13. The smallest absolute Gasteiger partial charge is 0.193 e. The van der Waals surface area contributed by atoms with Crippen LogP contribution in [-0.4, -0.2) is 19.0 Å². The molecule has 2 aromatic carbocycles. The molecule has 0 saturated heterocycles. The van der Waals surface area contributed by atoms with E-state index >= 15 is 0 Å². The molecule has 0 fully saturated rings. The van der Waals surface area contributed by atoms with Crippen molar-refractivity contribution < 1.29 is 18.7 Å². The Morgan fingerprint density at radius 2 is 1.61 bits per heavy atom. The zero-order valence-electron chi connectivity index (χ0n) is 12.3. The summed E-state index contributed by atoms with van der Waals surface area (Å²) in [6.07, 6.45) is 1.59. The minimum Gasteiger partial charge on any atom is -0.486 e. The number of furan rings is 1. The number of hydrogen-bond acceptors (Lipinski definition) is 4. The summed E-state index contributed by atoms with van der Waals surface area (Å²) in [5, 5.41) is 0. The first kappa shape index (κ1) is 13.6. The minimum atomic E-state index is -0.0750. The molecule has 0 bridgehead atoms. The Bertz CT molecular complexity index is 835. The molecule has 4 heteroatoms. The zero-order chi connectivity index (χ0) is 15.6. The minimum absolute atomic E-state index is 0.0750. The van der Waals surface area contributed by atoms with Crippen molar-refractivity contribution in [2.75, 3.05) is 13.2 Å². The van der Waals surface area contributed by atoms with Crippen LogP contribution in [0.2, 0.25) is 0 Å². The maximum absolute atomic E-state index is 12.9. The number of fused-ring (bicyclic) bond motifs is 1. The van der Waals surface area contributed by atoms with E-state index in [0.29, 0.717) is 47.2 Å². The summed E-state index contributed by atoms with van der Waals surface area (Å²) in [5.41, 5.74) is 1.86. The Hall–Kier alpha value is -3.01. The monoisotopic (exact) mass is 306 g/mol. The molecule has 0 aliphatic carbocycles. The summed E-state index contributed by atoms with van der Waals surface area (Å²) < 4.78 is 16.7. The van der Waals surface area contributed by atoms with Crippen LogP contribution in [0.3, 0.4) is 0 Å². The van der Waals surface area contributed by atoms with E-state index in [-0.39, 0.29) is 5.78 Å². The first-order valence-corrected chi connectivity index (χ1v) is 7.40. The van der Waals surface area contributed by atoms with Crippen molar-refractivity contribution in [3.05, 3.63) is 72.0 Å². The largest absolute Gasteiger partial charge is 0.486 e. The van der Waals surface area contributed by atoms with E-state index in [0.717, 1.165) is 0 Å². The average molecular weight is 306 g/mol. The zero-order valence-corrected chi connectivity index (χ0v) is 12.3. The summed E-state index contributed by atoms with van der Waals surface area (Å²) in [7, 11) is 0. The second kappa shape index (κ2) is 5.65. The fourth-order valence-electron chi connectivity index (χ4n) is 2.66. The number of carbonyl (C=O) groups is 1. The molecule has 1 aliphatic heterocycles. The summed E-state index contributed by atoms with van der Waals surface area (Å²) >= 11 is 0. The van der Waals surface area contributed by atoms with E-state index in [1.54, 1.807) is 30.5 Å². The lowest BCUT2D eigenvalue weighted by molar-refractivity contribution is 0.103. The summed E-state index contributed by atoms with van der Waals surface area (Å²) in [5.74, 6) is 1.77. The third-order valence-corrected chi connectivity index (χ3v) is 3.75. The van der Waals surface area contributed by atoms with Gasteiger partial charge in [-0.05, 0) is 24.3 Å². The SMILES string of the molecule is O=C(c1ccccc1)c1cc2c(cc1-c1ccco1)OCCO2. The number of carbonyl (C=O) groups excluding carboxylic acids is 1. The molecular formula is C19H14O4. The molecule has 0 amide bonds. The van der Waals surface area contributed by atoms with Gasteiger partial charge in [-0.2, -0.15) is 0 Å². The molecular weight excluding hydrogens is 292 g/mol. The predicted molar refractivity (Wildman–Crippen MR) is 85.0 cm³/mol. The van der Waals surface area contributed by atoms with Gasteiger partial charge in [0.2, 0.25) is 0 Å². The van der Waals surface area contributed by atoms with Gasteiger partial charge in [-0.1, -0.05) is 30.3 Å². The van der Waals surface area contributed by atoms with Crippen LogP contribution in [0, 0.1) is 0 Å². The van der Waals surface area contributed by atoms with E-state index in [1.807, 2.05) is 30.3 Å². The van der Waals surface area contributed by atoms with Gasteiger partial charge in [-0.15, -0.1) is 0 Å². The quantitative estimate of drug-likeness (QED) is 0.687. The van der Waals surface area contributed by atoms with Crippen LogP contribution in [0.25, 0.3) is 11.3 Å². The van der Waals surface area contributed by atoms with Gasteiger partial charge in [0.05, 0.1) is 6.26 Å². The highest BCUT2D eigenvalue weighted by Gasteiger charge is 2.22. The first-order valence-electron chi connectivity index (χ1n) is 7.40. The van der Waals surface area contributed by atoms with E-state index in [1.165, 1.54) is 0 Å². The Morgan fingerprint density at radius 1 is 0.870 bits per heavy atom. The lowest BCUT2D eigenvalue weighted by Crippen LogP contribution is -2.16. The molecule has 4 nitrogen and oxygen atoms in total. The van der Waals surface area contributed by atoms with E-state index in [9.17, 15) is 4.79 Å². The molecule has 114 valence electrons. The van der Waals surface area contributed by atoms with E-state index in [2.05, 4.69) is 0 Å². The van der Waals surface area contributed by atoms with Crippen molar-refractivity contribution in [2.45, 2.75) is 0 Å². The molecule has 0 atom stereocenters. The average Bonchev–Trinajstić information content (AvgIpc) is 3.15. The third-order valence-electron chi connectivity index (χ3n) is 3.75. The lowest BCUT2D eigenvalue weighted by Gasteiger charge is -2.20. The van der Waals surface area contributed by atoms with E-state index in [4.69, 9.17) is 13.9 Å². The normalized spacial score (nSPS) is 12.9. The molecule has 1 aromatic heterocycles. The van der Waals surface area contributed by atoms with Gasteiger partial charge >= 0.3 is 0 Å². The van der Waals surface area contributed by atoms with Crippen LogP contribution < -0.4 is 9.47 Å². The number of benzene rings is 2. The topological polar surface area (TPSA) is 48.7 Å². The van der Waals surface area contributed by atoms with Crippen LogP contribution in [-0.2, 0) is 0 Å². The molecule has 1 aliphatic rings. The molecule has 0 spiro atoms. The van der Waals surface area contributed by atoms with Gasteiger partial charge < -0.3 is 13.9 Å². The molecule has 0 saturated carbocycles. The lowest BCUT2D eigenvalue weighted by atomic mass is 9.96. The van der Waals surface area contributed by atoms with Crippen LogP contribution in [0.1, 0.15) is 15.9 Å². The maximum Gasteiger partial charge on any atom is 0.193 e. The number of ketones is 1. The highest BCUT2D eigenvalue weighted by atomic mass is 16.6. The maximum atomic E-state index is 12.9. The molecule has 0 N–H and O–H groups in total. The predicted octanol–water partition coefficient (Wildman–Crippen LogP) is 3.95. The van der Waals surface area contributed by atoms with Gasteiger partial charge in [-0.3, -0.25) is 4.79 Å². The van der Waals surface area contributed by atoms with Crippen LogP contribution in [0.5, 0.6) is 11.5 Å². The number of ether oxygens (including phenoxy) is 2.